The van der Waals surface area contributed by atoms with Crippen molar-refractivity contribution in [1.82, 2.24) is 15.2 Å². The predicted molar refractivity (Wildman–Crippen MR) is 104 cm³/mol. The summed E-state index contributed by atoms with van der Waals surface area (Å²) in [6.45, 7) is 0. The third-order valence-electron chi connectivity index (χ3n) is 3.58. The molecule has 0 saturated heterocycles. The smallest absolute Gasteiger partial charge is 0.249 e. The third-order valence-corrected chi connectivity index (χ3v) is 3.81. The van der Waals surface area contributed by atoms with Gasteiger partial charge in [0.15, 0.2) is 17.3 Å². The molecule has 27 heavy (non-hydrogen) atoms. The van der Waals surface area contributed by atoms with Gasteiger partial charge in [-0.15, -0.1) is 5.10 Å². The van der Waals surface area contributed by atoms with Gasteiger partial charge in [-0.1, -0.05) is 17.7 Å². The molecule has 0 aliphatic heterocycles. The summed E-state index contributed by atoms with van der Waals surface area (Å²) >= 11 is 6.00. The zero-order valence-corrected chi connectivity index (χ0v) is 15.7. The summed E-state index contributed by atoms with van der Waals surface area (Å²) in [7, 11) is 4.65. The highest BCUT2D eigenvalue weighted by atomic mass is 35.5. The van der Waals surface area contributed by atoms with Crippen molar-refractivity contribution in [1.29, 1.82) is 0 Å². The number of nitrogens with zero attached hydrogens (tertiary/aromatic N) is 3. The highest BCUT2D eigenvalue weighted by Gasteiger charge is 2.14. The van der Waals surface area contributed by atoms with E-state index in [0.717, 1.165) is 5.69 Å². The molecule has 8 nitrogen and oxygen atoms in total. The summed E-state index contributed by atoms with van der Waals surface area (Å²) in [6.07, 6.45) is 1.52. The summed E-state index contributed by atoms with van der Waals surface area (Å²) < 4.78 is 16.0. The number of benzene rings is 2. The van der Waals surface area contributed by atoms with Gasteiger partial charge in [0.1, 0.15) is 0 Å². The minimum Gasteiger partial charge on any atom is -0.493 e. The van der Waals surface area contributed by atoms with Crippen LogP contribution in [-0.4, -0.2) is 36.5 Å². The van der Waals surface area contributed by atoms with Gasteiger partial charge in [-0.2, -0.15) is 10.1 Å². The van der Waals surface area contributed by atoms with Crippen LogP contribution in [0.25, 0.3) is 0 Å². The van der Waals surface area contributed by atoms with Crippen molar-refractivity contribution in [2.24, 2.45) is 0 Å². The molecule has 0 aliphatic rings. The van der Waals surface area contributed by atoms with E-state index in [4.69, 9.17) is 25.8 Å². The van der Waals surface area contributed by atoms with Crippen LogP contribution in [0.5, 0.6) is 17.2 Å². The fourth-order valence-corrected chi connectivity index (χ4v) is 2.60. The number of nitrogens with one attached hydrogen (secondary N) is 2. The summed E-state index contributed by atoms with van der Waals surface area (Å²) in [5.41, 5.74) is 1.45. The van der Waals surface area contributed by atoms with Crippen LogP contribution in [0.15, 0.2) is 42.6 Å². The molecule has 0 amide bonds. The molecule has 0 bridgehead atoms. The number of rotatable bonds is 7. The largest absolute Gasteiger partial charge is 0.493 e. The predicted octanol–water partition coefficient (Wildman–Crippen LogP) is 4.04. The molecule has 0 spiro atoms. The second-order valence-corrected chi connectivity index (χ2v) is 5.78. The molecule has 0 fully saturated rings. The van der Waals surface area contributed by atoms with Gasteiger partial charge in [-0.05, 0) is 18.2 Å². The standard InChI is InChI=1S/C18H18ClN5O3/c1-25-14-8-13(9-15(26-2)17(14)27-3)22-18-23-16(10-20-24-18)21-12-6-4-5-11(19)7-12/h4-10H,1-3H3,(H2,21,22,23,24). The molecule has 9 heteroatoms. The van der Waals surface area contributed by atoms with Gasteiger partial charge in [0.05, 0.1) is 27.5 Å². The van der Waals surface area contributed by atoms with Crippen LogP contribution in [-0.2, 0) is 0 Å². The number of hydrogen-bond donors (Lipinski definition) is 2. The van der Waals surface area contributed by atoms with E-state index in [0.29, 0.717) is 39.7 Å². The molecule has 0 atom stereocenters. The van der Waals surface area contributed by atoms with E-state index < -0.39 is 0 Å². The van der Waals surface area contributed by atoms with Crippen LogP contribution >= 0.6 is 11.6 Å². The van der Waals surface area contributed by atoms with E-state index in [9.17, 15) is 0 Å². The van der Waals surface area contributed by atoms with E-state index in [1.165, 1.54) is 6.20 Å². The van der Waals surface area contributed by atoms with Crippen molar-refractivity contribution in [2.75, 3.05) is 32.0 Å². The Balaban J connectivity index is 1.84. The second kappa shape index (κ2) is 8.41. The lowest BCUT2D eigenvalue weighted by Gasteiger charge is -2.14. The first-order valence-electron chi connectivity index (χ1n) is 7.92. The molecule has 140 valence electrons. The number of ether oxygens (including phenoxy) is 3. The molecule has 1 aromatic heterocycles. The number of methoxy groups -OCH3 is 3. The maximum atomic E-state index is 6.00. The highest BCUT2D eigenvalue weighted by molar-refractivity contribution is 6.30. The molecule has 3 rings (SSSR count). The SMILES string of the molecule is COc1cc(Nc2nncc(Nc3cccc(Cl)c3)n2)cc(OC)c1OC. The van der Waals surface area contributed by atoms with E-state index in [-0.39, 0.29) is 0 Å². The van der Waals surface area contributed by atoms with Crippen LogP contribution in [0.2, 0.25) is 5.02 Å². The quantitative estimate of drug-likeness (QED) is 0.627. The van der Waals surface area contributed by atoms with E-state index in [1.54, 1.807) is 45.6 Å². The Kier molecular flexibility index (Phi) is 5.77. The Morgan fingerprint density at radius 3 is 2.26 bits per heavy atom. The van der Waals surface area contributed by atoms with Gasteiger partial charge >= 0.3 is 0 Å². The molecule has 3 aromatic rings. The highest BCUT2D eigenvalue weighted by Crippen LogP contribution is 2.40. The number of halogens is 1. The van der Waals surface area contributed by atoms with E-state index in [2.05, 4.69) is 25.8 Å². The fraction of sp³-hybridized carbons (Fsp3) is 0.167. The maximum Gasteiger partial charge on any atom is 0.249 e. The van der Waals surface area contributed by atoms with Crippen LogP contribution in [0.1, 0.15) is 0 Å². The van der Waals surface area contributed by atoms with Crippen molar-refractivity contribution >= 4 is 34.7 Å². The van der Waals surface area contributed by atoms with Gasteiger partial charge in [-0.25, -0.2) is 0 Å². The van der Waals surface area contributed by atoms with E-state index in [1.807, 2.05) is 12.1 Å². The lowest BCUT2D eigenvalue weighted by molar-refractivity contribution is 0.324. The molecule has 2 N–H and O–H groups in total. The van der Waals surface area contributed by atoms with Crippen LogP contribution in [0.3, 0.4) is 0 Å². The van der Waals surface area contributed by atoms with Gasteiger partial charge in [-0.3, -0.25) is 0 Å². The number of anilines is 4. The van der Waals surface area contributed by atoms with Gasteiger partial charge in [0, 0.05) is 28.5 Å². The Morgan fingerprint density at radius 2 is 1.63 bits per heavy atom. The second-order valence-electron chi connectivity index (χ2n) is 5.34. The summed E-state index contributed by atoms with van der Waals surface area (Å²) in [4.78, 5) is 4.39. The lowest BCUT2D eigenvalue weighted by atomic mass is 10.2. The third kappa shape index (κ3) is 4.48. The summed E-state index contributed by atoms with van der Waals surface area (Å²) in [5.74, 6) is 2.35. The molecule has 0 radical (unpaired) electrons. The Morgan fingerprint density at radius 1 is 0.889 bits per heavy atom. The van der Waals surface area contributed by atoms with Crippen LogP contribution in [0, 0.1) is 0 Å². The molecule has 2 aromatic carbocycles. The Labute approximate surface area is 161 Å². The normalized spacial score (nSPS) is 10.2. The minimum absolute atomic E-state index is 0.302. The molecular formula is C18H18ClN5O3. The molecular weight excluding hydrogens is 370 g/mol. The van der Waals surface area contributed by atoms with Crippen molar-refractivity contribution in [2.45, 2.75) is 0 Å². The maximum absolute atomic E-state index is 6.00. The molecule has 0 aliphatic carbocycles. The van der Waals surface area contributed by atoms with Gasteiger partial charge in [0.2, 0.25) is 11.7 Å². The first-order valence-corrected chi connectivity index (χ1v) is 8.30. The first-order chi connectivity index (χ1) is 13.1. The topological polar surface area (TPSA) is 90.4 Å². The lowest BCUT2D eigenvalue weighted by Crippen LogP contribution is -2.03. The minimum atomic E-state index is 0.302. The monoisotopic (exact) mass is 387 g/mol. The number of hydrogen-bond acceptors (Lipinski definition) is 8. The first kappa shape index (κ1) is 18.5. The van der Waals surface area contributed by atoms with E-state index >= 15 is 0 Å². The van der Waals surface area contributed by atoms with Gasteiger partial charge in [0.25, 0.3) is 0 Å². The zero-order valence-electron chi connectivity index (χ0n) is 15.0. The number of aromatic nitrogens is 3. The zero-order chi connectivity index (χ0) is 19.2. The Hall–Kier alpha value is -3.26. The average molecular weight is 388 g/mol. The van der Waals surface area contributed by atoms with Crippen molar-refractivity contribution in [3.8, 4) is 17.2 Å². The van der Waals surface area contributed by atoms with Crippen molar-refractivity contribution in [3.63, 3.8) is 0 Å². The van der Waals surface area contributed by atoms with Crippen molar-refractivity contribution < 1.29 is 14.2 Å². The molecule has 1 heterocycles. The summed E-state index contributed by atoms with van der Waals surface area (Å²) in [6, 6.07) is 10.8. The fourth-order valence-electron chi connectivity index (χ4n) is 2.41. The average Bonchev–Trinajstić information content (AvgIpc) is 2.67. The summed E-state index contributed by atoms with van der Waals surface area (Å²) in [5, 5.41) is 14.8. The van der Waals surface area contributed by atoms with Crippen molar-refractivity contribution in [3.05, 3.63) is 47.6 Å². The molecule has 0 saturated carbocycles. The van der Waals surface area contributed by atoms with Crippen LogP contribution in [0.4, 0.5) is 23.1 Å². The van der Waals surface area contributed by atoms with Crippen LogP contribution < -0.4 is 24.8 Å². The Bertz CT molecular complexity index is 913. The van der Waals surface area contributed by atoms with Gasteiger partial charge < -0.3 is 24.8 Å². The molecule has 0 unspecified atom stereocenters.